The van der Waals surface area contributed by atoms with Crippen molar-refractivity contribution in [3.8, 4) is 0 Å². The molecule has 2 N–H and O–H groups in total. The van der Waals surface area contributed by atoms with Crippen molar-refractivity contribution in [2.45, 2.75) is 25.6 Å². The molecule has 0 aliphatic rings. The lowest BCUT2D eigenvalue weighted by Gasteiger charge is -2.21. The summed E-state index contributed by atoms with van der Waals surface area (Å²) in [6.07, 6.45) is 1.10. The SMILES string of the molecule is COC(CO)OP(=O)(OCCO)SCCCCCOC(=O)c1ccccc1. The van der Waals surface area contributed by atoms with Gasteiger partial charge in [0.25, 0.3) is 0 Å². The van der Waals surface area contributed by atoms with E-state index in [0.29, 0.717) is 30.8 Å². The number of carbonyl (C=O) groups excluding carboxylic acids is 1. The molecule has 0 heterocycles. The summed E-state index contributed by atoms with van der Waals surface area (Å²) in [7, 11) is 1.32. The third-order valence-corrected chi connectivity index (χ3v) is 7.13. The summed E-state index contributed by atoms with van der Waals surface area (Å²) in [5.74, 6) is 0.131. The highest BCUT2D eigenvalue weighted by Gasteiger charge is 2.29. The van der Waals surface area contributed by atoms with Crippen LogP contribution in [0.25, 0.3) is 0 Å². The molecule has 0 aromatic heterocycles. The normalized spacial score (nSPS) is 14.5. The van der Waals surface area contributed by atoms with Gasteiger partial charge in [-0.1, -0.05) is 18.2 Å². The Hall–Kier alpha value is -0.930. The van der Waals surface area contributed by atoms with E-state index in [1.807, 2.05) is 6.07 Å². The zero-order chi connectivity index (χ0) is 20.0. The molecule has 0 saturated carbocycles. The van der Waals surface area contributed by atoms with Crippen LogP contribution in [-0.2, 0) is 23.1 Å². The topological polar surface area (TPSA) is 112 Å². The molecule has 0 saturated heterocycles. The number of rotatable bonds is 15. The van der Waals surface area contributed by atoms with Gasteiger partial charge in [-0.05, 0) is 42.8 Å². The van der Waals surface area contributed by atoms with Crippen LogP contribution in [0.15, 0.2) is 30.3 Å². The van der Waals surface area contributed by atoms with Crippen LogP contribution in [0.5, 0.6) is 0 Å². The van der Waals surface area contributed by atoms with E-state index >= 15 is 0 Å². The molecule has 0 fully saturated rings. The molecule has 1 aromatic carbocycles. The maximum Gasteiger partial charge on any atom is 0.391 e. The van der Waals surface area contributed by atoms with Crippen molar-refractivity contribution in [3.05, 3.63) is 35.9 Å². The van der Waals surface area contributed by atoms with Crippen LogP contribution < -0.4 is 0 Å². The average molecular weight is 422 g/mol. The van der Waals surface area contributed by atoms with E-state index < -0.39 is 19.7 Å². The molecular weight excluding hydrogens is 395 g/mol. The number of carbonyl (C=O) groups is 1. The molecule has 2 unspecified atom stereocenters. The lowest BCUT2D eigenvalue weighted by molar-refractivity contribution is -0.0884. The molecule has 0 spiro atoms. The summed E-state index contributed by atoms with van der Waals surface area (Å²) < 4.78 is 32.9. The zero-order valence-corrected chi connectivity index (χ0v) is 17.0. The lowest BCUT2D eigenvalue weighted by atomic mass is 10.2. The Bertz CT molecular complexity index is 567. The van der Waals surface area contributed by atoms with Crippen molar-refractivity contribution < 1.29 is 38.1 Å². The van der Waals surface area contributed by atoms with Crippen molar-refractivity contribution >= 4 is 24.1 Å². The number of ether oxygens (including phenoxy) is 2. The predicted molar refractivity (Wildman–Crippen MR) is 103 cm³/mol. The molecule has 154 valence electrons. The van der Waals surface area contributed by atoms with Crippen molar-refractivity contribution in [2.75, 3.05) is 39.3 Å². The fraction of sp³-hybridized carbons (Fsp3) is 0.588. The minimum atomic E-state index is -3.55. The van der Waals surface area contributed by atoms with Gasteiger partial charge in [-0.25, -0.2) is 9.36 Å². The number of hydrogen-bond donors (Lipinski definition) is 2. The maximum atomic E-state index is 12.6. The van der Waals surface area contributed by atoms with Crippen molar-refractivity contribution in [1.82, 2.24) is 0 Å². The largest absolute Gasteiger partial charge is 0.462 e. The number of esters is 1. The third kappa shape index (κ3) is 10.3. The van der Waals surface area contributed by atoms with Gasteiger partial charge in [-0.3, -0.25) is 9.05 Å². The molecule has 0 aliphatic carbocycles. The quantitative estimate of drug-likeness (QED) is 0.191. The zero-order valence-electron chi connectivity index (χ0n) is 15.3. The summed E-state index contributed by atoms with van der Waals surface area (Å²) in [5.41, 5.74) is 0.517. The number of unbranched alkanes of at least 4 members (excludes halogenated alkanes) is 2. The van der Waals surface area contributed by atoms with Crippen LogP contribution in [0.4, 0.5) is 0 Å². The van der Waals surface area contributed by atoms with Gasteiger partial charge < -0.3 is 19.7 Å². The second-order valence-corrected chi connectivity index (χ2v) is 9.50. The molecule has 0 aliphatic heterocycles. The van der Waals surface area contributed by atoms with Gasteiger partial charge in [-0.2, -0.15) is 0 Å². The first kappa shape index (κ1) is 24.1. The van der Waals surface area contributed by atoms with E-state index in [2.05, 4.69) is 0 Å². The van der Waals surface area contributed by atoms with Gasteiger partial charge in [0.2, 0.25) is 0 Å². The number of benzene rings is 1. The van der Waals surface area contributed by atoms with E-state index in [9.17, 15) is 9.36 Å². The fourth-order valence-corrected chi connectivity index (χ4v) is 5.40. The first-order chi connectivity index (χ1) is 13.0. The van der Waals surface area contributed by atoms with Crippen molar-refractivity contribution in [1.29, 1.82) is 0 Å². The fourth-order valence-electron chi connectivity index (χ4n) is 1.93. The highest BCUT2D eigenvalue weighted by atomic mass is 32.7. The molecule has 0 bridgehead atoms. The summed E-state index contributed by atoms with van der Waals surface area (Å²) in [5, 5.41) is 17.9. The number of aliphatic hydroxyl groups is 2. The first-order valence-electron chi connectivity index (χ1n) is 8.59. The second-order valence-electron chi connectivity index (χ2n) is 5.35. The summed E-state index contributed by atoms with van der Waals surface area (Å²) in [6.45, 7) is -4.13. The van der Waals surface area contributed by atoms with Crippen LogP contribution in [-0.4, -0.2) is 61.8 Å². The van der Waals surface area contributed by atoms with Crippen LogP contribution in [0.1, 0.15) is 29.6 Å². The smallest absolute Gasteiger partial charge is 0.391 e. The highest BCUT2D eigenvalue weighted by molar-refractivity contribution is 8.55. The summed E-state index contributed by atoms with van der Waals surface area (Å²) in [6, 6.07) is 8.78. The van der Waals surface area contributed by atoms with Gasteiger partial charge in [0, 0.05) is 12.9 Å². The Morgan fingerprint density at radius 3 is 2.52 bits per heavy atom. The lowest BCUT2D eigenvalue weighted by Crippen LogP contribution is -2.18. The molecule has 10 heteroatoms. The molecule has 1 rings (SSSR count). The Kier molecular flexibility index (Phi) is 12.6. The molecule has 2 atom stereocenters. The minimum absolute atomic E-state index is 0.137. The Morgan fingerprint density at radius 1 is 1.15 bits per heavy atom. The van der Waals surface area contributed by atoms with Crippen LogP contribution in [0.3, 0.4) is 0 Å². The number of hydrogen-bond acceptors (Lipinski definition) is 9. The molecular formula is C17H27O8PS. The maximum absolute atomic E-state index is 12.6. The van der Waals surface area contributed by atoms with E-state index in [1.54, 1.807) is 24.3 Å². The molecule has 0 radical (unpaired) electrons. The molecule has 27 heavy (non-hydrogen) atoms. The van der Waals surface area contributed by atoms with Gasteiger partial charge in [0.15, 0.2) is 6.29 Å². The van der Waals surface area contributed by atoms with E-state index in [1.165, 1.54) is 7.11 Å². The van der Waals surface area contributed by atoms with Gasteiger partial charge >= 0.3 is 12.8 Å². The minimum Gasteiger partial charge on any atom is -0.462 e. The van der Waals surface area contributed by atoms with Crippen molar-refractivity contribution in [3.63, 3.8) is 0 Å². The predicted octanol–water partition coefficient (Wildman–Crippen LogP) is 2.85. The Labute approximate surface area is 163 Å². The Morgan fingerprint density at radius 2 is 1.89 bits per heavy atom. The molecule has 8 nitrogen and oxygen atoms in total. The van der Waals surface area contributed by atoms with Gasteiger partial charge in [0.05, 0.1) is 32.0 Å². The summed E-state index contributed by atoms with van der Waals surface area (Å²) >= 11 is 0.985. The van der Waals surface area contributed by atoms with E-state index in [0.717, 1.165) is 17.8 Å². The third-order valence-electron chi connectivity index (χ3n) is 3.28. The number of methoxy groups -OCH3 is 1. The van der Waals surface area contributed by atoms with Crippen LogP contribution in [0, 0.1) is 0 Å². The monoisotopic (exact) mass is 422 g/mol. The average Bonchev–Trinajstić information content (AvgIpc) is 2.70. The Balaban J connectivity index is 2.24. The van der Waals surface area contributed by atoms with Gasteiger partial charge in [-0.15, -0.1) is 0 Å². The van der Waals surface area contributed by atoms with Crippen LogP contribution >= 0.6 is 18.2 Å². The second kappa shape index (κ2) is 14.1. The number of aliphatic hydroxyl groups excluding tert-OH is 2. The van der Waals surface area contributed by atoms with E-state index in [-0.39, 0.29) is 19.2 Å². The van der Waals surface area contributed by atoms with E-state index in [4.69, 9.17) is 28.7 Å². The van der Waals surface area contributed by atoms with Crippen LogP contribution in [0.2, 0.25) is 0 Å². The van der Waals surface area contributed by atoms with Gasteiger partial charge in [0.1, 0.15) is 0 Å². The van der Waals surface area contributed by atoms with Crippen molar-refractivity contribution in [2.24, 2.45) is 0 Å². The first-order valence-corrected chi connectivity index (χ1v) is 11.7. The molecule has 0 amide bonds. The standard InChI is InChI=1S/C17H27O8PS/c1-22-16(14-19)25-26(21,24-12-10-18)27-13-7-3-6-11-23-17(20)15-8-4-2-5-9-15/h2,4-5,8-9,16,18-19H,3,6-7,10-14H2,1H3. The molecule has 1 aromatic rings. The highest BCUT2D eigenvalue weighted by Crippen LogP contribution is 2.61. The summed E-state index contributed by atoms with van der Waals surface area (Å²) in [4.78, 5) is 11.8.